The highest BCUT2D eigenvalue weighted by Crippen LogP contribution is 2.13. The molecule has 0 saturated heterocycles. The molecule has 0 aromatic rings. The number of hydrogen-bond donors (Lipinski definition) is 1. The maximum Gasteiger partial charge on any atom is 0.330 e. The number of rotatable bonds is 5. The van der Waals surface area contributed by atoms with Crippen LogP contribution in [0.1, 0.15) is 33.1 Å². The smallest absolute Gasteiger partial charge is 0.330 e. The Balaban J connectivity index is 3.87. The number of aliphatic carboxylic acids is 1. The highest BCUT2D eigenvalue weighted by atomic mass is 127. The van der Waals surface area contributed by atoms with Gasteiger partial charge in [-0.15, -0.1) is 0 Å². The van der Waals surface area contributed by atoms with E-state index < -0.39 is 5.97 Å². The molecular weight excluding hydrogens is 267 g/mol. The molecule has 0 fully saturated rings. The molecule has 0 aliphatic carbocycles. The third-order valence-corrected chi connectivity index (χ3v) is 2.58. The summed E-state index contributed by atoms with van der Waals surface area (Å²) >= 11 is 2.27. The van der Waals surface area contributed by atoms with Crippen molar-refractivity contribution in [2.24, 2.45) is 0 Å². The SMILES string of the molecule is CCCCC(I)C=C(C)C(=O)O. The van der Waals surface area contributed by atoms with Crippen LogP contribution in [0.3, 0.4) is 0 Å². The van der Waals surface area contributed by atoms with Crippen molar-refractivity contribution in [3.05, 3.63) is 11.6 Å². The average Bonchev–Trinajstić information content (AvgIpc) is 2.00. The van der Waals surface area contributed by atoms with Gasteiger partial charge in [0.2, 0.25) is 0 Å². The first-order valence-electron chi connectivity index (χ1n) is 4.13. The first kappa shape index (κ1) is 11.9. The van der Waals surface area contributed by atoms with Crippen LogP contribution in [-0.4, -0.2) is 15.0 Å². The first-order valence-corrected chi connectivity index (χ1v) is 5.38. The molecule has 1 unspecified atom stereocenters. The summed E-state index contributed by atoms with van der Waals surface area (Å²) in [6.45, 7) is 3.77. The van der Waals surface area contributed by atoms with Gasteiger partial charge in [0.1, 0.15) is 0 Å². The van der Waals surface area contributed by atoms with Crippen molar-refractivity contribution in [1.82, 2.24) is 0 Å². The Kier molecular flexibility index (Phi) is 6.42. The number of alkyl halides is 1. The molecule has 70 valence electrons. The fourth-order valence-electron chi connectivity index (χ4n) is 0.825. The van der Waals surface area contributed by atoms with Crippen LogP contribution in [-0.2, 0) is 4.79 Å². The third-order valence-electron chi connectivity index (χ3n) is 1.60. The first-order chi connectivity index (χ1) is 5.57. The van der Waals surface area contributed by atoms with Crippen molar-refractivity contribution in [2.45, 2.75) is 37.0 Å². The Morgan fingerprint density at radius 1 is 1.67 bits per heavy atom. The van der Waals surface area contributed by atoms with Gasteiger partial charge in [-0.25, -0.2) is 4.79 Å². The summed E-state index contributed by atoms with van der Waals surface area (Å²) in [5, 5.41) is 8.58. The lowest BCUT2D eigenvalue weighted by atomic mass is 10.1. The summed E-state index contributed by atoms with van der Waals surface area (Å²) in [5.41, 5.74) is 0.450. The van der Waals surface area contributed by atoms with E-state index in [2.05, 4.69) is 29.5 Å². The number of hydrogen-bond acceptors (Lipinski definition) is 1. The molecule has 0 aromatic carbocycles. The Labute approximate surface area is 87.2 Å². The average molecular weight is 282 g/mol. The second-order valence-electron chi connectivity index (χ2n) is 2.81. The molecule has 0 spiro atoms. The summed E-state index contributed by atoms with van der Waals surface area (Å²) in [6, 6.07) is 0. The largest absolute Gasteiger partial charge is 0.478 e. The van der Waals surface area contributed by atoms with E-state index in [0.717, 1.165) is 12.8 Å². The van der Waals surface area contributed by atoms with Crippen LogP contribution in [0.5, 0.6) is 0 Å². The van der Waals surface area contributed by atoms with E-state index in [1.165, 1.54) is 6.42 Å². The van der Waals surface area contributed by atoms with E-state index >= 15 is 0 Å². The lowest BCUT2D eigenvalue weighted by molar-refractivity contribution is -0.132. The van der Waals surface area contributed by atoms with Crippen molar-refractivity contribution in [3.8, 4) is 0 Å². The number of allylic oxidation sites excluding steroid dienone is 1. The van der Waals surface area contributed by atoms with Crippen LogP contribution in [0.2, 0.25) is 0 Å². The van der Waals surface area contributed by atoms with Crippen molar-refractivity contribution in [3.63, 3.8) is 0 Å². The quantitative estimate of drug-likeness (QED) is 0.478. The molecule has 0 aliphatic heterocycles. The maximum atomic E-state index is 10.4. The van der Waals surface area contributed by atoms with Crippen molar-refractivity contribution >= 4 is 28.6 Å². The Morgan fingerprint density at radius 2 is 2.25 bits per heavy atom. The Morgan fingerprint density at radius 3 is 2.67 bits per heavy atom. The Bertz CT molecular complexity index is 175. The standard InChI is InChI=1S/C9H15IO2/c1-3-4-5-8(10)6-7(2)9(11)12/h6,8H,3-5H2,1-2H3,(H,11,12). The van der Waals surface area contributed by atoms with Crippen LogP contribution >= 0.6 is 22.6 Å². The van der Waals surface area contributed by atoms with E-state index in [9.17, 15) is 4.79 Å². The molecule has 0 heterocycles. The summed E-state index contributed by atoms with van der Waals surface area (Å²) in [5.74, 6) is -0.812. The fraction of sp³-hybridized carbons (Fsp3) is 0.667. The van der Waals surface area contributed by atoms with Crippen LogP contribution in [0.25, 0.3) is 0 Å². The number of carbonyl (C=O) groups is 1. The molecule has 0 radical (unpaired) electrons. The van der Waals surface area contributed by atoms with Crippen LogP contribution in [0, 0.1) is 0 Å². The van der Waals surface area contributed by atoms with E-state index in [1.807, 2.05) is 6.08 Å². The molecule has 2 nitrogen and oxygen atoms in total. The molecule has 0 rings (SSSR count). The van der Waals surface area contributed by atoms with Gasteiger partial charge in [0.05, 0.1) is 0 Å². The van der Waals surface area contributed by atoms with E-state index in [0.29, 0.717) is 9.50 Å². The predicted molar refractivity (Wildman–Crippen MR) is 58.7 cm³/mol. The van der Waals surface area contributed by atoms with E-state index in [1.54, 1.807) is 6.92 Å². The van der Waals surface area contributed by atoms with Gasteiger partial charge in [-0.1, -0.05) is 48.4 Å². The van der Waals surface area contributed by atoms with Gasteiger partial charge in [-0.05, 0) is 13.3 Å². The lowest BCUT2D eigenvalue weighted by Gasteiger charge is -2.03. The molecule has 0 aliphatic rings. The normalized spacial score (nSPS) is 14.4. The van der Waals surface area contributed by atoms with Crippen LogP contribution in [0.4, 0.5) is 0 Å². The van der Waals surface area contributed by atoms with E-state index in [-0.39, 0.29) is 0 Å². The molecule has 1 atom stereocenters. The van der Waals surface area contributed by atoms with Gasteiger partial charge in [-0.2, -0.15) is 0 Å². The van der Waals surface area contributed by atoms with Gasteiger partial charge >= 0.3 is 5.97 Å². The summed E-state index contributed by atoms with van der Waals surface area (Å²) < 4.78 is 0.360. The number of carboxylic acids is 1. The molecule has 0 amide bonds. The van der Waals surface area contributed by atoms with Crippen LogP contribution in [0.15, 0.2) is 11.6 Å². The minimum Gasteiger partial charge on any atom is -0.478 e. The molecular formula is C9H15IO2. The zero-order valence-electron chi connectivity index (χ0n) is 7.51. The predicted octanol–water partition coefficient (Wildman–Crippen LogP) is 3.01. The van der Waals surface area contributed by atoms with Crippen LogP contribution < -0.4 is 0 Å². The fourth-order valence-corrected chi connectivity index (χ4v) is 1.80. The molecule has 0 bridgehead atoms. The maximum absolute atomic E-state index is 10.4. The van der Waals surface area contributed by atoms with Gasteiger partial charge < -0.3 is 5.11 Å². The van der Waals surface area contributed by atoms with E-state index in [4.69, 9.17) is 5.11 Å². The summed E-state index contributed by atoms with van der Waals surface area (Å²) in [4.78, 5) is 10.4. The molecule has 0 saturated carbocycles. The van der Waals surface area contributed by atoms with Crippen molar-refractivity contribution in [2.75, 3.05) is 0 Å². The number of unbranched alkanes of at least 4 members (excludes halogenated alkanes) is 1. The van der Waals surface area contributed by atoms with Gasteiger partial charge in [0, 0.05) is 9.50 Å². The summed E-state index contributed by atoms with van der Waals surface area (Å²) in [7, 11) is 0. The lowest BCUT2D eigenvalue weighted by Crippen LogP contribution is -2.01. The third kappa shape index (κ3) is 5.57. The van der Waals surface area contributed by atoms with Gasteiger partial charge in [-0.3, -0.25) is 0 Å². The molecule has 3 heteroatoms. The summed E-state index contributed by atoms with van der Waals surface area (Å²) in [6.07, 6.45) is 5.22. The van der Waals surface area contributed by atoms with Gasteiger partial charge in [0.25, 0.3) is 0 Å². The zero-order chi connectivity index (χ0) is 9.56. The second kappa shape index (κ2) is 6.46. The highest BCUT2D eigenvalue weighted by Gasteiger charge is 2.04. The zero-order valence-corrected chi connectivity index (χ0v) is 9.67. The molecule has 12 heavy (non-hydrogen) atoms. The van der Waals surface area contributed by atoms with Crippen molar-refractivity contribution < 1.29 is 9.90 Å². The highest BCUT2D eigenvalue weighted by molar-refractivity contribution is 14.1. The minimum atomic E-state index is -0.812. The minimum absolute atomic E-state index is 0.360. The monoisotopic (exact) mass is 282 g/mol. The van der Waals surface area contributed by atoms with Crippen molar-refractivity contribution in [1.29, 1.82) is 0 Å². The topological polar surface area (TPSA) is 37.3 Å². The number of carboxylic acid groups (broad SMARTS) is 1. The molecule has 0 aromatic heterocycles. The van der Waals surface area contributed by atoms with Gasteiger partial charge in [0.15, 0.2) is 0 Å². The second-order valence-corrected chi connectivity index (χ2v) is 4.41. The molecule has 1 N–H and O–H groups in total. The number of halogens is 1. The Hall–Kier alpha value is -0.0600.